The van der Waals surface area contributed by atoms with Gasteiger partial charge in [0.15, 0.2) is 0 Å². The second kappa shape index (κ2) is 5.29. The second-order valence-corrected chi connectivity index (χ2v) is 7.40. The Hall–Kier alpha value is -1.06. The fourth-order valence-corrected chi connectivity index (χ4v) is 4.03. The molecule has 1 aliphatic heterocycles. The van der Waals surface area contributed by atoms with Crippen LogP contribution in [-0.4, -0.2) is 17.3 Å². The van der Waals surface area contributed by atoms with Crippen molar-refractivity contribution >= 4 is 0 Å². The van der Waals surface area contributed by atoms with Gasteiger partial charge in [-0.05, 0) is 32.3 Å². The van der Waals surface area contributed by atoms with Crippen molar-refractivity contribution in [3.8, 4) is 5.75 Å². The van der Waals surface area contributed by atoms with Crippen LogP contribution in [0.15, 0.2) is 18.2 Å². The van der Waals surface area contributed by atoms with Crippen LogP contribution >= 0.6 is 0 Å². The monoisotopic (exact) mass is 289 g/mol. The van der Waals surface area contributed by atoms with Crippen molar-refractivity contribution in [2.45, 2.75) is 64.1 Å². The molecule has 1 atom stereocenters. The molecule has 1 aliphatic carbocycles. The SMILES string of the molecule is CC1(C)Cc2cccc(C(O)C3(CN)CCCCC3)c2O1. The Morgan fingerprint density at radius 1 is 1.24 bits per heavy atom. The number of aliphatic hydroxyl groups excluding tert-OH is 1. The van der Waals surface area contributed by atoms with Gasteiger partial charge in [0.1, 0.15) is 11.4 Å². The van der Waals surface area contributed by atoms with Crippen LogP contribution in [0.1, 0.15) is 63.2 Å². The van der Waals surface area contributed by atoms with E-state index in [1.165, 1.54) is 12.0 Å². The van der Waals surface area contributed by atoms with Gasteiger partial charge in [0.2, 0.25) is 0 Å². The Labute approximate surface area is 127 Å². The van der Waals surface area contributed by atoms with Crippen molar-refractivity contribution in [3.63, 3.8) is 0 Å². The van der Waals surface area contributed by atoms with Gasteiger partial charge in [0.25, 0.3) is 0 Å². The topological polar surface area (TPSA) is 55.5 Å². The highest BCUT2D eigenvalue weighted by Gasteiger charge is 2.42. The lowest BCUT2D eigenvalue weighted by molar-refractivity contribution is -0.00224. The molecule has 0 saturated heterocycles. The molecule has 0 amide bonds. The molecular formula is C18H27NO2. The molecule has 1 unspecified atom stereocenters. The van der Waals surface area contributed by atoms with Crippen molar-refractivity contribution in [1.82, 2.24) is 0 Å². The van der Waals surface area contributed by atoms with Gasteiger partial charge in [-0.25, -0.2) is 0 Å². The Morgan fingerprint density at radius 3 is 2.62 bits per heavy atom. The van der Waals surface area contributed by atoms with Gasteiger partial charge >= 0.3 is 0 Å². The van der Waals surface area contributed by atoms with Crippen molar-refractivity contribution in [3.05, 3.63) is 29.3 Å². The second-order valence-electron chi connectivity index (χ2n) is 7.40. The molecule has 0 bridgehead atoms. The number of nitrogens with two attached hydrogens (primary N) is 1. The summed E-state index contributed by atoms with van der Waals surface area (Å²) < 4.78 is 6.13. The molecule has 1 aromatic carbocycles. The van der Waals surface area contributed by atoms with Crippen LogP contribution in [0.2, 0.25) is 0 Å². The third-order valence-corrected chi connectivity index (χ3v) is 5.25. The van der Waals surface area contributed by atoms with Crippen LogP contribution in [0.5, 0.6) is 5.75 Å². The van der Waals surface area contributed by atoms with Gasteiger partial charge in [-0.3, -0.25) is 0 Å². The molecule has 3 N–H and O–H groups in total. The number of hydrogen-bond acceptors (Lipinski definition) is 3. The van der Waals surface area contributed by atoms with Crippen molar-refractivity contribution in [2.75, 3.05) is 6.54 Å². The van der Waals surface area contributed by atoms with Crippen LogP contribution in [0.3, 0.4) is 0 Å². The molecule has 21 heavy (non-hydrogen) atoms. The molecule has 1 aromatic rings. The fraction of sp³-hybridized carbons (Fsp3) is 0.667. The molecule has 1 saturated carbocycles. The summed E-state index contributed by atoms with van der Waals surface area (Å²) in [4.78, 5) is 0. The number of para-hydroxylation sites is 1. The van der Waals surface area contributed by atoms with Crippen LogP contribution in [0, 0.1) is 5.41 Å². The zero-order valence-corrected chi connectivity index (χ0v) is 13.2. The molecule has 1 fully saturated rings. The predicted molar refractivity (Wildman–Crippen MR) is 84.4 cm³/mol. The van der Waals surface area contributed by atoms with E-state index in [4.69, 9.17) is 10.5 Å². The largest absolute Gasteiger partial charge is 0.487 e. The Morgan fingerprint density at radius 2 is 1.95 bits per heavy atom. The maximum atomic E-state index is 11.1. The third kappa shape index (κ3) is 2.58. The third-order valence-electron chi connectivity index (χ3n) is 5.25. The summed E-state index contributed by atoms with van der Waals surface area (Å²) in [5.41, 5.74) is 7.86. The number of ether oxygens (including phenoxy) is 1. The van der Waals surface area contributed by atoms with E-state index in [2.05, 4.69) is 19.9 Å². The summed E-state index contributed by atoms with van der Waals surface area (Å²) in [7, 11) is 0. The van der Waals surface area contributed by atoms with E-state index < -0.39 is 6.10 Å². The van der Waals surface area contributed by atoms with Gasteiger partial charge in [0, 0.05) is 23.9 Å². The highest BCUT2D eigenvalue weighted by molar-refractivity contribution is 5.47. The zero-order chi connectivity index (χ0) is 15.1. The van der Waals surface area contributed by atoms with Crippen LogP contribution in [0.4, 0.5) is 0 Å². The molecular weight excluding hydrogens is 262 g/mol. The number of aliphatic hydroxyl groups is 1. The van der Waals surface area contributed by atoms with Crippen molar-refractivity contribution in [2.24, 2.45) is 11.1 Å². The molecule has 3 heteroatoms. The van der Waals surface area contributed by atoms with E-state index in [0.717, 1.165) is 43.4 Å². The number of hydrogen-bond donors (Lipinski definition) is 2. The maximum Gasteiger partial charge on any atom is 0.129 e. The molecule has 3 nitrogen and oxygen atoms in total. The fourth-order valence-electron chi connectivity index (χ4n) is 4.03. The minimum atomic E-state index is -0.522. The van der Waals surface area contributed by atoms with E-state index in [-0.39, 0.29) is 11.0 Å². The first kappa shape index (κ1) is 14.9. The van der Waals surface area contributed by atoms with Gasteiger partial charge in [0.05, 0.1) is 6.10 Å². The van der Waals surface area contributed by atoms with Gasteiger partial charge in [-0.2, -0.15) is 0 Å². The van der Waals surface area contributed by atoms with E-state index in [1.54, 1.807) is 0 Å². The summed E-state index contributed by atoms with van der Waals surface area (Å²) in [6, 6.07) is 6.16. The van der Waals surface area contributed by atoms with E-state index >= 15 is 0 Å². The standard InChI is InChI=1S/C18H27NO2/c1-17(2)11-13-7-6-8-14(15(13)21-17)16(20)18(12-19)9-4-3-5-10-18/h6-8,16,20H,3-5,9-12,19H2,1-2H3. The first-order valence-electron chi connectivity index (χ1n) is 8.16. The van der Waals surface area contributed by atoms with Crippen LogP contribution in [0.25, 0.3) is 0 Å². The van der Waals surface area contributed by atoms with E-state index in [9.17, 15) is 5.11 Å². The highest BCUT2D eigenvalue weighted by atomic mass is 16.5. The molecule has 0 aromatic heterocycles. The molecule has 116 valence electrons. The summed E-state index contributed by atoms with van der Waals surface area (Å²) in [6.07, 6.45) is 5.98. The lowest BCUT2D eigenvalue weighted by Crippen LogP contribution is -2.38. The number of fused-ring (bicyclic) bond motifs is 1. The Bertz CT molecular complexity index is 518. The van der Waals surface area contributed by atoms with Crippen molar-refractivity contribution < 1.29 is 9.84 Å². The minimum absolute atomic E-state index is 0.177. The normalized spacial score (nSPS) is 24.2. The lowest BCUT2D eigenvalue weighted by Gasteiger charge is -2.41. The predicted octanol–water partition coefficient (Wildman–Crippen LogP) is 3.34. The molecule has 3 rings (SSSR count). The average molecular weight is 289 g/mol. The minimum Gasteiger partial charge on any atom is -0.487 e. The summed E-state index contributed by atoms with van der Waals surface area (Å²) in [6.45, 7) is 4.74. The molecule has 0 spiro atoms. The quantitative estimate of drug-likeness (QED) is 0.897. The maximum absolute atomic E-state index is 11.1. The summed E-state index contributed by atoms with van der Waals surface area (Å²) >= 11 is 0. The first-order chi connectivity index (χ1) is 9.97. The van der Waals surface area contributed by atoms with Gasteiger partial charge in [-0.1, -0.05) is 37.5 Å². The number of benzene rings is 1. The average Bonchev–Trinajstić information content (AvgIpc) is 2.80. The van der Waals surface area contributed by atoms with Crippen LogP contribution in [-0.2, 0) is 6.42 Å². The van der Waals surface area contributed by atoms with Gasteiger partial charge in [-0.15, -0.1) is 0 Å². The summed E-state index contributed by atoms with van der Waals surface area (Å²) in [5, 5.41) is 11.1. The van der Waals surface area contributed by atoms with Crippen molar-refractivity contribution in [1.29, 1.82) is 0 Å². The van der Waals surface area contributed by atoms with E-state index in [1.807, 2.05) is 12.1 Å². The zero-order valence-electron chi connectivity index (χ0n) is 13.2. The molecule has 2 aliphatic rings. The summed E-state index contributed by atoms with van der Waals surface area (Å²) in [5.74, 6) is 0.897. The molecule has 1 heterocycles. The number of rotatable bonds is 3. The molecule has 0 radical (unpaired) electrons. The first-order valence-corrected chi connectivity index (χ1v) is 8.16. The van der Waals surface area contributed by atoms with Gasteiger partial charge < -0.3 is 15.6 Å². The van der Waals surface area contributed by atoms with E-state index in [0.29, 0.717) is 6.54 Å². The Balaban J connectivity index is 1.96. The smallest absolute Gasteiger partial charge is 0.129 e. The Kier molecular flexibility index (Phi) is 3.74. The van der Waals surface area contributed by atoms with Crippen LogP contribution < -0.4 is 10.5 Å². The highest BCUT2D eigenvalue weighted by Crippen LogP contribution is 2.49. The lowest BCUT2D eigenvalue weighted by atomic mass is 9.68.